The van der Waals surface area contributed by atoms with Crippen molar-refractivity contribution in [3.8, 4) is 0 Å². The van der Waals surface area contributed by atoms with E-state index in [-0.39, 0.29) is 23.1 Å². The molecular weight excluding hydrogens is 390 g/mol. The summed E-state index contributed by atoms with van der Waals surface area (Å²) < 4.78 is 26.4. The molecule has 7 nitrogen and oxygen atoms in total. The lowest BCUT2D eigenvalue weighted by Crippen LogP contribution is -2.30. The van der Waals surface area contributed by atoms with Gasteiger partial charge in [0.2, 0.25) is 21.8 Å². The number of anilines is 1. The van der Waals surface area contributed by atoms with Crippen LogP contribution in [0.4, 0.5) is 5.69 Å². The van der Waals surface area contributed by atoms with E-state index in [9.17, 15) is 18.0 Å². The van der Waals surface area contributed by atoms with E-state index >= 15 is 0 Å². The van der Waals surface area contributed by atoms with Gasteiger partial charge < -0.3 is 10.6 Å². The van der Waals surface area contributed by atoms with Gasteiger partial charge in [0.15, 0.2) is 0 Å². The first-order chi connectivity index (χ1) is 13.8. The zero-order valence-corrected chi connectivity index (χ0v) is 17.7. The van der Waals surface area contributed by atoms with E-state index in [4.69, 9.17) is 0 Å². The summed E-state index contributed by atoms with van der Waals surface area (Å²) in [5.41, 5.74) is 1.32. The number of hydrogen-bond acceptors (Lipinski definition) is 4. The van der Waals surface area contributed by atoms with Gasteiger partial charge in [-0.3, -0.25) is 9.59 Å². The second-order valence-corrected chi connectivity index (χ2v) is 8.47. The lowest BCUT2D eigenvalue weighted by atomic mass is 10.0. The molecule has 156 valence electrons. The molecule has 0 aliphatic heterocycles. The fourth-order valence-electron chi connectivity index (χ4n) is 3.00. The summed E-state index contributed by atoms with van der Waals surface area (Å²) in [7, 11) is -3.54. The highest BCUT2D eigenvalue weighted by molar-refractivity contribution is 7.89. The third kappa shape index (κ3) is 6.13. The van der Waals surface area contributed by atoms with Crippen molar-refractivity contribution in [3.63, 3.8) is 0 Å². The van der Waals surface area contributed by atoms with Gasteiger partial charge >= 0.3 is 0 Å². The van der Waals surface area contributed by atoms with E-state index in [1.807, 2.05) is 30.3 Å². The third-order valence-electron chi connectivity index (χ3n) is 4.45. The molecule has 1 atom stereocenters. The Morgan fingerprint density at radius 3 is 2.07 bits per heavy atom. The van der Waals surface area contributed by atoms with Crippen molar-refractivity contribution in [1.82, 2.24) is 9.62 Å². The number of rotatable bonds is 9. The minimum atomic E-state index is -3.54. The van der Waals surface area contributed by atoms with Crippen LogP contribution in [0.2, 0.25) is 0 Å². The zero-order valence-electron chi connectivity index (χ0n) is 16.9. The van der Waals surface area contributed by atoms with Gasteiger partial charge in [0.05, 0.1) is 17.4 Å². The monoisotopic (exact) mass is 417 g/mol. The van der Waals surface area contributed by atoms with Gasteiger partial charge in [0, 0.05) is 25.7 Å². The lowest BCUT2D eigenvalue weighted by Gasteiger charge is -2.19. The van der Waals surface area contributed by atoms with Crippen LogP contribution < -0.4 is 10.6 Å². The van der Waals surface area contributed by atoms with Gasteiger partial charge in [-0.15, -0.1) is 0 Å². The molecule has 0 aliphatic carbocycles. The molecule has 2 amide bonds. The number of nitrogens with zero attached hydrogens (tertiary/aromatic N) is 1. The van der Waals surface area contributed by atoms with E-state index in [0.717, 1.165) is 5.56 Å². The number of amides is 2. The molecule has 0 aromatic heterocycles. The van der Waals surface area contributed by atoms with Crippen LogP contribution in [0.5, 0.6) is 0 Å². The predicted octanol–water partition coefficient (Wildman–Crippen LogP) is 2.92. The third-order valence-corrected chi connectivity index (χ3v) is 6.51. The highest BCUT2D eigenvalue weighted by Gasteiger charge is 2.21. The second-order valence-electron chi connectivity index (χ2n) is 6.53. The lowest BCUT2D eigenvalue weighted by molar-refractivity contribution is -0.120. The molecule has 0 fully saturated rings. The zero-order chi connectivity index (χ0) is 21.4. The van der Waals surface area contributed by atoms with E-state index in [1.54, 1.807) is 26.0 Å². The van der Waals surface area contributed by atoms with E-state index in [2.05, 4.69) is 10.6 Å². The smallest absolute Gasteiger partial charge is 0.243 e. The summed E-state index contributed by atoms with van der Waals surface area (Å²) >= 11 is 0. The van der Waals surface area contributed by atoms with Gasteiger partial charge in [0.25, 0.3) is 0 Å². The van der Waals surface area contributed by atoms with Crippen molar-refractivity contribution in [2.45, 2.75) is 38.1 Å². The van der Waals surface area contributed by atoms with Gasteiger partial charge in [-0.05, 0) is 29.8 Å². The Morgan fingerprint density at radius 1 is 0.966 bits per heavy atom. The number of carbonyl (C=O) groups excluding carboxylic acids is 2. The van der Waals surface area contributed by atoms with Crippen molar-refractivity contribution in [2.75, 3.05) is 18.4 Å². The molecule has 0 saturated carbocycles. The van der Waals surface area contributed by atoms with Crippen LogP contribution in [0.15, 0.2) is 59.5 Å². The van der Waals surface area contributed by atoms with Crippen LogP contribution in [-0.4, -0.2) is 37.6 Å². The van der Waals surface area contributed by atoms with Gasteiger partial charge in [-0.25, -0.2) is 8.42 Å². The quantitative estimate of drug-likeness (QED) is 0.656. The molecule has 0 aliphatic rings. The highest BCUT2D eigenvalue weighted by atomic mass is 32.2. The fraction of sp³-hybridized carbons (Fsp3) is 0.333. The number of carbonyl (C=O) groups is 2. The van der Waals surface area contributed by atoms with Crippen molar-refractivity contribution >= 4 is 27.5 Å². The summed E-state index contributed by atoms with van der Waals surface area (Å²) in [4.78, 5) is 24.2. The molecule has 2 aromatic rings. The standard InChI is InChI=1S/C21H27N3O4S/c1-4-24(5-2)29(27,28)19-13-11-18(12-14-19)23-21(26)15-20(22-16(3)25)17-9-7-6-8-10-17/h6-14,20H,4-5,15H2,1-3H3,(H,22,25)(H,23,26)/t20-/m0/s1. The molecule has 0 spiro atoms. The van der Waals surface area contributed by atoms with Crippen molar-refractivity contribution in [1.29, 1.82) is 0 Å². The minimum Gasteiger partial charge on any atom is -0.349 e. The average molecular weight is 418 g/mol. The topological polar surface area (TPSA) is 95.6 Å². The first-order valence-electron chi connectivity index (χ1n) is 9.50. The SMILES string of the molecule is CCN(CC)S(=O)(=O)c1ccc(NC(=O)C[C@H](NC(C)=O)c2ccccc2)cc1. The molecule has 0 unspecified atom stereocenters. The van der Waals surface area contributed by atoms with Crippen LogP contribution >= 0.6 is 0 Å². The number of sulfonamides is 1. The molecule has 0 radical (unpaired) electrons. The van der Waals surface area contributed by atoms with Gasteiger partial charge in [0.1, 0.15) is 0 Å². The van der Waals surface area contributed by atoms with Gasteiger partial charge in [-0.1, -0.05) is 44.2 Å². The number of nitrogens with one attached hydrogen (secondary N) is 2. The van der Waals surface area contributed by atoms with Crippen LogP contribution in [0.1, 0.15) is 38.8 Å². The van der Waals surface area contributed by atoms with E-state index in [0.29, 0.717) is 18.8 Å². The fourth-order valence-corrected chi connectivity index (χ4v) is 4.46. The molecule has 0 heterocycles. The Bertz CT molecular complexity index is 924. The van der Waals surface area contributed by atoms with Crippen LogP contribution in [0.3, 0.4) is 0 Å². The molecule has 2 aromatic carbocycles. The summed E-state index contributed by atoms with van der Waals surface area (Å²) in [6.07, 6.45) is 0.0586. The van der Waals surface area contributed by atoms with E-state index in [1.165, 1.54) is 23.4 Å². The molecular formula is C21H27N3O4S. The molecule has 2 N–H and O–H groups in total. The summed E-state index contributed by atoms with van der Waals surface area (Å²) in [6, 6.07) is 14.9. The molecule has 8 heteroatoms. The van der Waals surface area contributed by atoms with Crippen LogP contribution in [0.25, 0.3) is 0 Å². The largest absolute Gasteiger partial charge is 0.349 e. The first kappa shape index (κ1) is 22.6. The molecule has 0 saturated heterocycles. The minimum absolute atomic E-state index is 0.0586. The Balaban J connectivity index is 2.09. The predicted molar refractivity (Wildman–Crippen MR) is 113 cm³/mol. The van der Waals surface area contributed by atoms with Crippen LogP contribution in [-0.2, 0) is 19.6 Å². The Kier molecular flexibility index (Phi) is 7.92. The maximum absolute atomic E-state index is 12.5. The Morgan fingerprint density at radius 2 is 1.55 bits per heavy atom. The summed E-state index contributed by atoms with van der Waals surface area (Å²) in [6.45, 7) is 5.76. The maximum atomic E-state index is 12.5. The van der Waals surface area contributed by atoms with Crippen molar-refractivity contribution in [2.24, 2.45) is 0 Å². The highest BCUT2D eigenvalue weighted by Crippen LogP contribution is 2.20. The first-order valence-corrected chi connectivity index (χ1v) is 10.9. The van der Waals surface area contributed by atoms with Gasteiger partial charge in [-0.2, -0.15) is 4.31 Å². The average Bonchev–Trinajstić information content (AvgIpc) is 2.69. The maximum Gasteiger partial charge on any atom is 0.243 e. The van der Waals surface area contributed by atoms with E-state index < -0.39 is 16.1 Å². The number of hydrogen-bond donors (Lipinski definition) is 2. The second kappa shape index (κ2) is 10.2. The summed E-state index contributed by atoms with van der Waals surface area (Å²) in [5, 5.41) is 5.54. The van der Waals surface area contributed by atoms with Crippen LogP contribution in [0, 0.1) is 0 Å². The number of benzene rings is 2. The molecule has 0 bridgehead atoms. The van der Waals surface area contributed by atoms with Crippen molar-refractivity contribution < 1.29 is 18.0 Å². The normalized spacial score (nSPS) is 12.4. The summed E-state index contributed by atoms with van der Waals surface area (Å²) in [5.74, 6) is -0.510. The Labute approximate surface area is 172 Å². The Hall–Kier alpha value is -2.71. The molecule has 29 heavy (non-hydrogen) atoms. The molecule has 2 rings (SSSR count). The van der Waals surface area contributed by atoms with Crippen molar-refractivity contribution in [3.05, 3.63) is 60.2 Å².